The van der Waals surface area contributed by atoms with Crippen LogP contribution in [-0.2, 0) is 23.2 Å². The monoisotopic (exact) mass is 458 g/mol. The predicted octanol–water partition coefficient (Wildman–Crippen LogP) is 1.45. The predicted molar refractivity (Wildman–Crippen MR) is 99.1 cm³/mol. The van der Waals surface area contributed by atoms with Crippen LogP contribution in [0.2, 0.25) is 0 Å². The second-order valence-corrected chi connectivity index (χ2v) is 10.4. The fraction of sp³-hybridized carbons (Fsp3) is 0.636. The average molecular weight is 461 g/mol. The zero-order chi connectivity index (χ0) is 16.7. The topological polar surface area (TPSA) is 0 Å². The van der Waals surface area contributed by atoms with Crippen LogP contribution in [0, 0.1) is 0 Å². The van der Waals surface area contributed by atoms with E-state index in [0.29, 0.717) is 0 Å². The molecule has 140 valence electrons. The Balaban J connectivity index is 0.00000288. The minimum absolute atomic E-state index is 0. The molecular weight excluding hydrogens is 426 g/mol. The summed E-state index contributed by atoms with van der Waals surface area (Å²) in [6.07, 6.45) is 18.2. The van der Waals surface area contributed by atoms with Crippen LogP contribution >= 0.6 is 0 Å². The Morgan fingerprint density at radius 1 is 0.720 bits per heavy atom. The summed E-state index contributed by atoms with van der Waals surface area (Å²) in [6, 6.07) is 0. The van der Waals surface area contributed by atoms with Crippen molar-refractivity contribution in [2.75, 3.05) is 0 Å². The quantitative estimate of drug-likeness (QED) is 0.463. The van der Waals surface area contributed by atoms with Gasteiger partial charge in [-0.25, -0.2) is 0 Å². The Kier molecular flexibility index (Phi) is 13.8. The third kappa shape index (κ3) is 6.82. The molecule has 0 N–H and O–H groups in total. The standard InChI is InChI=1S/2C11H17.2ClH.Zr/c2*1-3-5-7-11-9-6-8-10(11)4-2;;;/h2*9H,3-7H2,1-2H3;2*1H;/q;;;;+2/p-2. The van der Waals surface area contributed by atoms with Gasteiger partial charge in [0.25, 0.3) is 0 Å². The van der Waals surface area contributed by atoms with Crippen LogP contribution < -0.4 is 24.8 Å². The van der Waals surface area contributed by atoms with Gasteiger partial charge in [-0.1, -0.05) is 0 Å². The van der Waals surface area contributed by atoms with Gasteiger partial charge in [0.1, 0.15) is 0 Å². The number of unbranched alkanes of at least 4 members (excludes halogenated alkanes) is 2. The van der Waals surface area contributed by atoms with Crippen molar-refractivity contribution in [2.24, 2.45) is 0 Å². The van der Waals surface area contributed by atoms with E-state index in [0.717, 1.165) is 0 Å². The Morgan fingerprint density at radius 2 is 1.12 bits per heavy atom. The average Bonchev–Trinajstić information content (AvgIpc) is 3.14. The molecule has 25 heavy (non-hydrogen) atoms. The normalized spacial score (nSPS) is 16.3. The van der Waals surface area contributed by atoms with Crippen LogP contribution in [0.3, 0.4) is 0 Å². The zero-order valence-corrected chi connectivity index (χ0v) is 20.5. The zero-order valence-electron chi connectivity index (χ0n) is 16.5. The first-order valence-electron chi connectivity index (χ1n) is 9.84. The van der Waals surface area contributed by atoms with E-state index in [1.807, 2.05) is 6.56 Å². The minimum atomic E-state index is -0.532. The number of hydrogen-bond donors (Lipinski definition) is 0. The molecule has 2 aliphatic rings. The van der Waals surface area contributed by atoms with Gasteiger partial charge in [-0.3, -0.25) is 0 Å². The molecule has 0 aromatic carbocycles. The molecule has 0 unspecified atom stereocenters. The summed E-state index contributed by atoms with van der Waals surface area (Å²) in [6.45, 7) is 9.36. The summed E-state index contributed by atoms with van der Waals surface area (Å²) in [7, 11) is 0. The van der Waals surface area contributed by atoms with Crippen molar-refractivity contribution in [3.8, 4) is 0 Å². The minimum Gasteiger partial charge on any atom is -1.00 e. The van der Waals surface area contributed by atoms with Gasteiger partial charge in [0.15, 0.2) is 0 Å². The second-order valence-electron chi connectivity index (χ2n) is 6.82. The molecule has 2 aliphatic carbocycles. The number of rotatable bonds is 10. The molecule has 0 bridgehead atoms. The van der Waals surface area contributed by atoms with E-state index in [1.165, 1.54) is 64.2 Å². The first-order valence-corrected chi connectivity index (χ1v) is 12.3. The van der Waals surface area contributed by atoms with Crippen molar-refractivity contribution >= 4 is 0 Å². The molecule has 0 aromatic heterocycles. The van der Waals surface area contributed by atoms with Gasteiger partial charge in [-0.2, -0.15) is 0 Å². The molecule has 0 radical (unpaired) electrons. The Bertz CT molecular complexity index is 490. The fourth-order valence-corrected chi connectivity index (χ4v) is 8.19. The summed E-state index contributed by atoms with van der Waals surface area (Å²) in [5.41, 5.74) is 6.96. The van der Waals surface area contributed by atoms with Gasteiger partial charge in [-0.05, 0) is 0 Å². The summed E-state index contributed by atoms with van der Waals surface area (Å²) < 4.78 is 3.79. The molecule has 0 heterocycles. The fourth-order valence-electron chi connectivity index (χ4n) is 3.89. The van der Waals surface area contributed by atoms with Crippen LogP contribution in [-0.4, -0.2) is 0 Å². The summed E-state index contributed by atoms with van der Waals surface area (Å²) in [5, 5.41) is 0. The molecular formula is C22H34Cl2Zr. The molecule has 0 spiro atoms. The van der Waals surface area contributed by atoms with Gasteiger partial charge < -0.3 is 24.8 Å². The smallest absolute Gasteiger partial charge is 1.00 e. The maximum absolute atomic E-state index is 2.57. The molecule has 2 rings (SSSR count). The molecule has 0 nitrogen and oxygen atoms in total. The maximum atomic E-state index is 2.57. The van der Waals surface area contributed by atoms with Crippen molar-refractivity contribution in [2.45, 2.75) is 91.9 Å². The van der Waals surface area contributed by atoms with Crippen LogP contribution in [0.1, 0.15) is 91.9 Å². The first kappa shape index (κ1) is 25.4. The van der Waals surface area contributed by atoms with E-state index < -0.39 is 23.2 Å². The van der Waals surface area contributed by atoms with Gasteiger partial charge >= 0.3 is 156 Å². The van der Waals surface area contributed by atoms with Crippen molar-refractivity contribution in [3.63, 3.8) is 0 Å². The summed E-state index contributed by atoms with van der Waals surface area (Å²) in [4.78, 5) is 0. The van der Waals surface area contributed by atoms with Crippen molar-refractivity contribution < 1.29 is 48.0 Å². The molecule has 0 fully saturated rings. The van der Waals surface area contributed by atoms with Crippen LogP contribution in [0.25, 0.3) is 0 Å². The Hall–Kier alpha value is 0.423. The van der Waals surface area contributed by atoms with E-state index in [2.05, 4.69) is 39.8 Å². The van der Waals surface area contributed by atoms with E-state index in [-0.39, 0.29) is 24.8 Å². The Labute approximate surface area is 180 Å². The van der Waals surface area contributed by atoms with E-state index in [9.17, 15) is 0 Å². The second kappa shape index (κ2) is 13.6. The van der Waals surface area contributed by atoms with Gasteiger partial charge in [0, 0.05) is 0 Å². The van der Waals surface area contributed by atoms with Crippen LogP contribution in [0.5, 0.6) is 0 Å². The van der Waals surface area contributed by atoms with Crippen molar-refractivity contribution in [1.82, 2.24) is 0 Å². The van der Waals surface area contributed by atoms with Gasteiger partial charge in [0.2, 0.25) is 0 Å². The molecule has 0 atom stereocenters. The summed E-state index contributed by atoms with van der Waals surface area (Å²) >= 11 is -0.532. The molecule has 0 aromatic rings. The number of halogens is 2. The Morgan fingerprint density at radius 3 is 1.44 bits per heavy atom. The molecule has 0 saturated heterocycles. The molecule has 3 heteroatoms. The maximum Gasteiger partial charge on any atom is -1.00 e. The third-order valence-electron chi connectivity index (χ3n) is 5.22. The number of allylic oxidation sites excluding steroid dienone is 8. The third-order valence-corrected chi connectivity index (χ3v) is 9.19. The van der Waals surface area contributed by atoms with Crippen LogP contribution in [0.4, 0.5) is 0 Å². The largest absolute Gasteiger partial charge is 1.00 e. The van der Waals surface area contributed by atoms with Crippen molar-refractivity contribution in [1.29, 1.82) is 0 Å². The molecule has 0 amide bonds. The van der Waals surface area contributed by atoms with Gasteiger partial charge in [-0.15, -0.1) is 0 Å². The van der Waals surface area contributed by atoms with Crippen LogP contribution in [0.15, 0.2) is 41.0 Å². The number of hydrogen-bond acceptors (Lipinski definition) is 0. The van der Waals surface area contributed by atoms with Gasteiger partial charge in [0.05, 0.1) is 0 Å². The van der Waals surface area contributed by atoms with Crippen molar-refractivity contribution in [3.05, 3.63) is 41.0 Å². The summed E-state index contributed by atoms with van der Waals surface area (Å²) in [5.74, 6) is 0. The van der Waals surface area contributed by atoms with E-state index >= 15 is 0 Å². The SMILES string of the molecule is CCCCC1=CC[C]([Zr+2][C]2=C(CC)C(CCCC)=CC2)=C1CC.[Cl-].[Cl-]. The first-order chi connectivity index (χ1) is 11.2. The van der Waals surface area contributed by atoms with E-state index in [4.69, 9.17) is 0 Å². The van der Waals surface area contributed by atoms with E-state index in [1.54, 1.807) is 22.3 Å². The molecule has 0 aliphatic heterocycles. The molecule has 0 saturated carbocycles.